The zero-order valence-electron chi connectivity index (χ0n) is 16.4. The molecule has 1 heterocycles. The lowest BCUT2D eigenvalue weighted by molar-refractivity contribution is 0.102. The minimum absolute atomic E-state index is 0.129. The van der Waals surface area contributed by atoms with E-state index in [1.807, 2.05) is 85.1 Å². The van der Waals surface area contributed by atoms with E-state index in [0.29, 0.717) is 5.56 Å². The van der Waals surface area contributed by atoms with Crippen molar-refractivity contribution in [2.75, 3.05) is 10.7 Å². The second-order valence-corrected chi connectivity index (χ2v) is 7.47. The number of hydrogen-bond donors (Lipinski definition) is 2. The molecule has 4 rings (SSSR count). The van der Waals surface area contributed by atoms with Gasteiger partial charge in [0.2, 0.25) is 5.13 Å². The Morgan fingerprint density at radius 1 is 0.867 bits per heavy atom. The number of rotatable bonds is 6. The number of thiazole rings is 1. The van der Waals surface area contributed by atoms with E-state index < -0.39 is 0 Å². The third-order valence-electron chi connectivity index (χ3n) is 4.49. The van der Waals surface area contributed by atoms with E-state index in [9.17, 15) is 4.79 Å². The number of carbonyl (C=O) groups is 1. The Bertz CT molecular complexity index is 1150. The van der Waals surface area contributed by atoms with Crippen LogP contribution in [0, 0.1) is 0 Å². The van der Waals surface area contributed by atoms with Gasteiger partial charge in [0, 0.05) is 22.2 Å². The summed E-state index contributed by atoms with van der Waals surface area (Å²) in [6.07, 6.45) is 0. The molecule has 0 saturated carbocycles. The highest BCUT2D eigenvalue weighted by atomic mass is 32.1. The van der Waals surface area contributed by atoms with Crippen molar-refractivity contribution in [3.63, 3.8) is 0 Å². The van der Waals surface area contributed by atoms with Crippen molar-refractivity contribution in [3.8, 4) is 11.3 Å². The summed E-state index contributed by atoms with van der Waals surface area (Å²) in [6.45, 7) is 1.96. The third-order valence-corrected chi connectivity index (χ3v) is 5.24. The Hall–Kier alpha value is -3.77. The lowest BCUT2D eigenvalue weighted by Gasteiger charge is -2.06. The molecule has 0 radical (unpaired) electrons. The maximum atomic E-state index is 12.3. The first kappa shape index (κ1) is 19.5. The van der Waals surface area contributed by atoms with Crippen molar-refractivity contribution in [1.82, 2.24) is 4.98 Å². The van der Waals surface area contributed by atoms with Gasteiger partial charge in [0.15, 0.2) is 0 Å². The highest BCUT2D eigenvalue weighted by Crippen LogP contribution is 2.26. The summed E-state index contributed by atoms with van der Waals surface area (Å²) in [5.74, 6) is -0.129. The summed E-state index contributed by atoms with van der Waals surface area (Å²) in [4.78, 5) is 16.9. The maximum Gasteiger partial charge on any atom is 0.255 e. The zero-order chi connectivity index (χ0) is 20.8. The van der Waals surface area contributed by atoms with Gasteiger partial charge in [-0.2, -0.15) is 5.10 Å². The van der Waals surface area contributed by atoms with E-state index in [4.69, 9.17) is 0 Å². The molecule has 3 aromatic carbocycles. The van der Waals surface area contributed by atoms with E-state index in [2.05, 4.69) is 20.8 Å². The highest BCUT2D eigenvalue weighted by Gasteiger charge is 2.07. The molecule has 1 aromatic heterocycles. The maximum absolute atomic E-state index is 12.3. The first-order chi connectivity index (χ1) is 14.7. The molecule has 0 spiro atoms. The Labute approximate surface area is 179 Å². The summed E-state index contributed by atoms with van der Waals surface area (Å²) in [7, 11) is 0. The van der Waals surface area contributed by atoms with Gasteiger partial charge in [0.25, 0.3) is 5.91 Å². The van der Waals surface area contributed by atoms with Gasteiger partial charge >= 0.3 is 0 Å². The molecular formula is C24H20N4OS. The number of hydrogen-bond acceptors (Lipinski definition) is 5. The number of nitrogens with one attached hydrogen (secondary N) is 2. The molecule has 6 heteroatoms. The Balaban J connectivity index is 1.40. The van der Waals surface area contributed by atoms with Gasteiger partial charge in [-0.3, -0.25) is 10.2 Å². The van der Waals surface area contributed by atoms with Crippen LogP contribution in [0.5, 0.6) is 0 Å². The van der Waals surface area contributed by atoms with Gasteiger partial charge in [-0.25, -0.2) is 4.98 Å². The van der Waals surface area contributed by atoms with Crippen molar-refractivity contribution in [1.29, 1.82) is 0 Å². The van der Waals surface area contributed by atoms with Crippen LogP contribution in [0.25, 0.3) is 11.3 Å². The molecule has 0 aliphatic rings. The largest absolute Gasteiger partial charge is 0.322 e. The second-order valence-electron chi connectivity index (χ2n) is 6.61. The summed E-state index contributed by atoms with van der Waals surface area (Å²) < 4.78 is 0. The molecule has 30 heavy (non-hydrogen) atoms. The number of nitrogens with zero attached hydrogens (tertiary/aromatic N) is 2. The Morgan fingerprint density at radius 3 is 2.17 bits per heavy atom. The molecule has 148 valence electrons. The molecule has 0 saturated heterocycles. The monoisotopic (exact) mass is 412 g/mol. The van der Waals surface area contributed by atoms with Crippen molar-refractivity contribution in [3.05, 3.63) is 101 Å². The molecule has 0 atom stereocenters. The first-order valence-electron chi connectivity index (χ1n) is 9.47. The van der Waals surface area contributed by atoms with Gasteiger partial charge in [-0.1, -0.05) is 60.7 Å². The minimum Gasteiger partial charge on any atom is -0.322 e. The quantitative estimate of drug-likeness (QED) is 0.306. The van der Waals surface area contributed by atoms with Gasteiger partial charge in [-0.15, -0.1) is 11.3 Å². The summed E-state index contributed by atoms with van der Waals surface area (Å²) >= 11 is 1.49. The van der Waals surface area contributed by atoms with Crippen LogP contribution in [-0.4, -0.2) is 16.6 Å². The third kappa shape index (κ3) is 4.79. The summed E-state index contributed by atoms with van der Waals surface area (Å²) in [5.41, 5.74) is 8.18. The Kier molecular flexibility index (Phi) is 5.96. The van der Waals surface area contributed by atoms with Crippen LogP contribution in [0.4, 0.5) is 10.8 Å². The van der Waals surface area contributed by atoms with E-state index in [1.165, 1.54) is 11.3 Å². The average Bonchev–Trinajstić information content (AvgIpc) is 3.28. The standard InChI is InChI=1S/C24H20N4OS/c1-17(18-8-4-2-5-9-18)27-28-24-26-22(16-30-24)19-12-14-21(15-13-19)25-23(29)20-10-6-3-7-11-20/h2-16H,1H3,(H,25,29)(H,26,28)/b27-17+. The lowest BCUT2D eigenvalue weighted by atomic mass is 10.1. The molecule has 0 aliphatic carbocycles. The van der Waals surface area contributed by atoms with E-state index >= 15 is 0 Å². The molecule has 0 bridgehead atoms. The average molecular weight is 413 g/mol. The number of carbonyl (C=O) groups excluding carboxylic acids is 1. The van der Waals surface area contributed by atoms with Crippen LogP contribution in [0.3, 0.4) is 0 Å². The van der Waals surface area contributed by atoms with E-state index in [-0.39, 0.29) is 5.91 Å². The van der Waals surface area contributed by atoms with Crippen molar-refractivity contribution < 1.29 is 4.79 Å². The molecule has 0 fully saturated rings. The molecule has 0 aliphatic heterocycles. The van der Waals surface area contributed by atoms with Crippen LogP contribution in [0.15, 0.2) is 95.4 Å². The van der Waals surface area contributed by atoms with E-state index in [1.54, 1.807) is 12.1 Å². The molecule has 2 N–H and O–H groups in total. The predicted molar refractivity (Wildman–Crippen MR) is 124 cm³/mol. The van der Waals surface area contributed by atoms with Crippen molar-refractivity contribution in [2.24, 2.45) is 5.10 Å². The van der Waals surface area contributed by atoms with Gasteiger partial charge in [0.05, 0.1) is 11.4 Å². The normalized spacial score (nSPS) is 11.2. The van der Waals surface area contributed by atoms with E-state index in [0.717, 1.165) is 33.4 Å². The fourth-order valence-corrected chi connectivity index (χ4v) is 3.51. The molecule has 0 unspecified atom stereocenters. The van der Waals surface area contributed by atoms with Crippen molar-refractivity contribution in [2.45, 2.75) is 6.92 Å². The highest BCUT2D eigenvalue weighted by molar-refractivity contribution is 7.14. The molecule has 5 nitrogen and oxygen atoms in total. The van der Waals surface area contributed by atoms with Crippen LogP contribution in [-0.2, 0) is 0 Å². The smallest absolute Gasteiger partial charge is 0.255 e. The fraction of sp³-hybridized carbons (Fsp3) is 0.0417. The van der Waals surface area contributed by atoms with Gasteiger partial charge in [0.1, 0.15) is 0 Å². The Morgan fingerprint density at radius 2 is 1.50 bits per heavy atom. The van der Waals surface area contributed by atoms with Crippen LogP contribution in [0.1, 0.15) is 22.8 Å². The van der Waals surface area contributed by atoms with Crippen LogP contribution < -0.4 is 10.7 Å². The first-order valence-corrected chi connectivity index (χ1v) is 10.3. The predicted octanol–water partition coefficient (Wildman–Crippen LogP) is 5.90. The van der Waals surface area contributed by atoms with Crippen molar-refractivity contribution >= 4 is 33.8 Å². The zero-order valence-corrected chi connectivity index (χ0v) is 17.2. The number of aromatic nitrogens is 1. The minimum atomic E-state index is -0.129. The van der Waals surface area contributed by atoms with Gasteiger partial charge in [-0.05, 0) is 36.8 Å². The lowest BCUT2D eigenvalue weighted by Crippen LogP contribution is -2.11. The fourth-order valence-electron chi connectivity index (χ4n) is 2.85. The van der Waals surface area contributed by atoms with Crippen LogP contribution >= 0.6 is 11.3 Å². The van der Waals surface area contributed by atoms with Gasteiger partial charge < -0.3 is 5.32 Å². The molecule has 1 amide bonds. The van der Waals surface area contributed by atoms with Crippen LogP contribution in [0.2, 0.25) is 0 Å². The number of hydrazone groups is 1. The topological polar surface area (TPSA) is 66.4 Å². The molecule has 4 aromatic rings. The number of anilines is 2. The summed E-state index contributed by atoms with van der Waals surface area (Å²) in [5, 5.41) is 10.0. The number of amides is 1. The molecular weight excluding hydrogens is 392 g/mol. The summed E-state index contributed by atoms with van der Waals surface area (Å²) in [6, 6.07) is 26.8. The SMILES string of the molecule is C/C(=N\Nc1nc(-c2ccc(NC(=O)c3ccccc3)cc2)cs1)c1ccccc1. The number of benzene rings is 3. The second kappa shape index (κ2) is 9.15.